The number of halogens is 1. The fourth-order valence-corrected chi connectivity index (χ4v) is 4.24. The Kier molecular flexibility index (Phi) is 8.20. The van der Waals surface area contributed by atoms with Crippen LogP contribution in [0.5, 0.6) is 11.5 Å². The molecule has 0 fully saturated rings. The van der Waals surface area contributed by atoms with Crippen molar-refractivity contribution in [3.05, 3.63) is 87.9 Å². The summed E-state index contributed by atoms with van der Waals surface area (Å²) in [7, 11) is 0. The van der Waals surface area contributed by atoms with Gasteiger partial charge in [0.2, 0.25) is 0 Å². The molecule has 1 N–H and O–H groups in total. The molecule has 0 aliphatic carbocycles. The molecule has 0 amide bonds. The van der Waals surface area contributed by atoms with E-state index >= 15 is 0 Å². The first-order chi connectivity index (χ1) is 17.9. The summed E-state index contributed by atoms with van der Waals surface area (Å²) >= 11 is 6.49. The van der Waals surface area contributed by atoms with Crippen LogP contribution in [0.25, 0.3) is 10.8 Å². The van der Waals surface area contributed by atoms with Gasteiger partial charge in [-0.1, -0.05) is 23.7 Å². The first-order valence-corrected chi connectivity index (χ1v) is 12.5. The molecule has 0 bridgehead atoms. The third kappa shape index (κ3) is 5.98. The molecule has 0 radical (unpaired) electrons. The molecule has 4 aromatic carbocycles. The summed E-state index contributed by atoms with van der Waals surface area (Å²) in [5, 5.41) is 25.3. The van der Waals surface area contributed by atoms with E-state index in [2.05, 4.69) is 58.6 Å². The Balaban J connectivity index is 1.72. The van der Waals surface area contributed by atoms with E-state index in [9.17, 15) is 10.1 Å². The molecule has 0 aliphatic heterocycles. The molecule has 8 nitrogen and oxygen atoms in total. The van der Waals surface area contributed by atoms with E-state index in [-0.39, 0.29) is 5.69 Å². The number of non-ortho nitro benzene ring substituents is 1. The second-order valence-electron chi connectivity index (χ2n) is 8.24. The number of azo groups is 1. The maximum atomic E-state index is 10.9. The van der Waals surface area contributed by atoms with Gasteiger partial charge in [0.05, 0.1) is 21.3 Å². The average Bonchev–Trinajstić information content (AvgIpc) is 2.90. The molecular weight excluding hydrogens is 490 g/mol. The van der Waals surface area contributed by atoms with E-state index < -0.39 is 4.92 Å². The lowest BCUT2D eigenvalue weighted by Crippen LogP contribution is -2.21. The van der Waals surface area contributed by atoms with Gasteiger partial charge in [-0.3, -0.25) is 10.1 Å². The highest BCUT2D eigenvalue weighted by atomic mass is 35.5. The van der Waals surface area contributed by atoms with Crippen LogP contribution in [0.1, 0.15) is 20.8 Å². The molecule has 0 atom stereocenters. The summed E-state index contributed by atoms with van der Waals surface area (Å²) in [4.78, 5) is 12.8. The van der Waals surface area contributed by atoms with Crippen molar-refractivity contribution in [2.45, 2.75) is 20.8 Å². The van der Waals surface area contributed by atoms with E-state index in [0.717, 1.165) is 35.2 Å². The van der Waals surface area contributed by atoms with Crippen molar-refractivity contribution >= 4 is 50.8 Å². The minimum atomic E-state index is -0.457. The zero-order valence-corrected chi connectivity index (χ0v) is 21.7. The van der Waals surface area contributed by atoms with Crippen LogP contribution in [-0.2, 0) is 0 Å². The van der Waals surface area contributed by atoms with Gasteiger partial charge in [0.25, 0.3) is 5.69 Å². The van der Waals surface area contributed by atoms with Gasteiger partial charge >= 0.3 is 0 Å². The van der Waals surface area contributed by atoms with Gasteiger partial charge in [-0.15, -0.1) is 5.11 Å². The smallest absolute Gasteiger partial charge is 0.269 e. The Labute approximate surface area is 220 Å². The SMILES string of the molecule is CCNc1cc(Oc2cccc3cc(N(CC)CC)ccc23)c(/N=N/c2ccc([N+](=O)[O-])cc2)cc1Cl. The Bertz CT molecular complexity index is 1440. The van der Waals surface area contributed by atoms with Crippen molar-refractivity contribution in [1.29, 1.82) is 0 Å². The van der Waals surface area contributed by atoms with Crippen LogP contribution >= 0.6 is 11.6 Å². The summed E-state index contributed by atoms with van der Waals surface area (Å²) < 4.78 is 6.40. The number of anilines is 2. The predicted octanol–water partition coefficient (Wildman–Crippen LogP) is 8.89. The molecule has 0 aromatic heterocycles. The van der Waals surface area contributed by atoms with Gasteiger partial charge in [-0.25, -0.2) is 0 Å². The lowest BCUT2D eigenvalue weighted by molar-refractivity contribution is -0.384. The molecular formula is C28H28ClN5O3. The fraction of sp³-hybridized carbons (Fsp3) is 0.214. The fourth-order valence-electron chi connectivity index (χ4n) is 4.02. The normalized spacial score (nSPS) is 11.1. The average molecular weight is 518 g/mol. The van der Waals surface area contributed by atoms with Gasteiger partial charge in [0.15, 0.2) is 5.75 Å². The highest BCUT2D eigenvalue weighted by molar-refractivity contribution is 6.33. The summed E-state index contributed by atoms with van der Waals surface area (Å²) in [5.41, 5.74) is 2.77. The monoisotopic (exact) mass is 517 g/mol. The zero-order chi connectivity index (χ0) is 26.4. The number of ether oxygens (including phenoxy) is 1. The van der Waals surface area contributed by atoms with E-state index in [0.29, 0.717) is 34.4 Å². The minimum absolute atomic E-state index is 0.0129. The molecule has 0 spiro atoms. The molecule has 190 valence electrons. The molecule has 0 saturated heterocycles. The predicted molar refractivity (Wildman–Crippen MR) is 150 cm³/mol. The van der Waals surface area contributed by atoms with Crippen LogP contribution in [0, 0.1) is 10.1 Å². The van der Waals surface area contributed by atoms with E-state index in [1.54, 1.807) is 12.1 Å². The molecule has 0 unspecified atom stereocenters. The van der Waals surface area contributed by atoms with E-state index in [4.69, 9.17) is 16.3 Å². The zero-order valence-electron chi connectivity index (χ0n) is 20.9. The van der Waals surface area contributed by atoms with Crippen molar-refractivity contribution < 1.29 is 9.66 Å². The number of nitrogens with zero attached hydrogens (tertiary/aromatic N) is 4. The second kappa shape index (κ2) is 11.7. The Morgan fingerprint density at radius 2 is 1.70 bits per heavy atom. The number of rotatable bonds is 10. The van der Waals surface area contributed by atoms with Gasteiger partial charge in [-0.05, 0) is 68.6 Å². The Morgan fingerprint density at radius 1 is 0.946 bits per heavy atom. The van der Waals surface area contributed by atoms with Crippen molar-refractivity contribution in [2.75, 3.05) is 29.9 Å². The van der Waals surface area contributed by atoms with Gasteiger partial charge in [0.1, 0.15) is 11.4 Å². The summed E-state index contributed by atoms with van der Waals surface area (Å²) in [6, 6.07) is 21.6. The highest BCUT2D eigenvalue weighted by Crippen LogP contribution is 2.41. The van der Waals surface area contributed by atoms with Crippen LogP contribution < -0.4 is 15.0 Å². The number of nitro groups is 1. The van der Waals surface area contributed by atoms with Crippen LogP contribution in [0.3, 0.4) is 0 Å². The van der Waals surface area contributed by atoms with E-state index in [1.807, 2.05) is 19.1 Å². The maximum absolute atomic E-state index is 10.9. The molecule has 37 heavy (non-hydrogen) atoms. The standard InChI is InChI=1S/C28H28ClN5O3/c1-4-30-25-18-28(26(17-24(25)29)32-31-20-10-12-21(13-11-20)34(35)36)37-27-9-7-8-19-16-22(14-15-23(19)27)33(5-2)6-3/h7-18,30H,4-6H2,1-3H3/b32-31+. The first kappa shape index (κ1) is 25.9. The number of hydrogen-bond donors (Lipinski definition) is 1. The number of benzene rings is 4. The quantitative estimate of drug-likeness (QED) is 0.129. The molecule has 0 saturated carbocycles. The summed E-state index contributed by atoms with van der Waals surface area (Å²) in [6.07, 6.45) is 0. The highest BCUT2D eigenvalue weighted by Gasteiger charge is 2.14. The van der Waals surface area contributed by atoms with Crippen LogP contribution in [0.2, 0.25) is 5.02 Å². The first-order valence-electron chi connectivity index (χ1n) is 12.1. The van der Waals surface area contributed by atoms with Crippen LogP contribution in [-0.4, -0.2) is 24.6 Å². The molecule has 4 aromatic rings. The van der Waals surface area contributed by atoms with Crippen molar-refractivity contribution in [3.63, 3.8) is 0 Å². The Morgan fingerprint density at radius 3 is 2.38 bits per heavy atom. The third-order valence-corrected chi connectivity index (χ3v) is 6.23. The topological polar surface area (TPSA) is 92.4 Å². The Hall–Kier alpha value is -4.17. The summed E-state index contributed by atoms with van der Waals surface area (Å²) in [6.45, 7) is 8.81. The largest absolute Gasteiger partial charge is 0.454 e. The number of nitrogens with one attached hydrogen (secondary N) is 1. The van der Waals surface area contributed by atoms with Gasteiger partial charge < -0.3 is 15.0 Å². The lowest BCUT2D eigenvalue weighted by atomic mass is 10.1. The lowest BCUT2D eigenvalue weighted by Gasteiger charge is -2.21. The van der Waals surface area contributed by atoms with Crippen molar-refractivity contribution in [2.24, 2.45) is 10.2 Å². The van der Waals surface area contributed by atoms with Crippen LogP contribution in [0.4, 0.5) is 28.4 Å². The second-order valence-corrected chi connectivity index (χ2v) is 8.65. The van der Waals surface area contributed by atoms with E-state index in [1.165, 1.54) is 24.3 Å². The number of hydrogen-bond acceptors (Lipinski definition) is 7. The van der Waals surface area contributed by atoms with Crippen LogP contribution in [0.15, 0.2) is 83.0 Å². The van der Waals surface area contributed by atoms with Crippen molar-refractivity contribution in [1.82, 2.24) is 0 Å². The summed E-state index contributed by atoms with van der Waals surface area (Å²) in [5.74, 6) is 1.16. The molecule has 0 heterocycles. The number of nitro benzene ring substituents is 1. The maximum Gasteiger partial charge on any atom is 0.269 e. The van der Waals surface area contributed by atoms with Crippen molar-refractivity contribution in [3.8, 4) is 11.5 Å². The third-order valence-electron chi connectivity index (χ3n) is 5.92. The molecule has 4 rings (SSSR count). The molecule has 0 aliphatic rings. The minimum Gasteiger partial charge on any atom is -0.454 e. The number of fused-ring (bicyclic) bond motifs is 1. The van der Waals surface area contributed by atoms with Gasteiger partial charge in [0, 0.05) is 48.9 Å². The molecule has 9 heteroatoms. The van der Waals surface area contributed by atoms with Gasteiger partial charge in [-0.2, -0.15) is 5.11 Å².